The van der Waals surface area contributed by atoms with Gasteiger partial charge < -0.3 is 0 Å². The molecular formula is C16H17BrO4S2. The molecule has 0 aromatic heterocycles. The van der Waals surface area contributed by atoms with Crippen molar-refractivity contribution >= 4 is 35.6 Å². The largest absolute Gasteiger partial charge is 0.223 e. The van der Waals surface area contributed by atoms with Crippen molar-refractivity contribution in [2.24, 2.45) is 0 Å². The first kappa shape index (κ1) is 18.2. The van der Waals surface area contributed by atoms with Crippen molar-refractivity contribution in [1.29, 1.82) is 0 Å². The van der Waals surface area contributed by atoms with Crippen molar-refractivity contribution in [2.45, 2.75) is 35.5 Å². The molecule has 2 aromatic rings. The monoisotopic (exact) mass is 416 g/mol. The number of alkyl halides is 1. The minimum atomic E-state index is -3.69. The molecule has 0 saturated carbocycles. The Labute approximate surface area is 145 Å². The highest BCUT2D eigenvalue weighted by molar-refractivity contribution is 9.10. The molecule has 2 rings (SSSR count). The first-order chi connectivity index (χ1) is 10.6. The summed E-state index contributed by atoms with van der Waals surface area (Å²) in [4.78, 5) is 0.450. The van der Waals surface area contributed by atoms with Crippen LogP contribution in [0.3, 0.4) is 0 Å². The predicted molar refractivity (Wildman–Crippen MR) is 93.5 cm³/mol. The smallest absolute Gasteiger partial charge is 0.207 e. The molecule has 0 fully saturated rings. The molecule has 124 valence electrons. The zero-order valence-electron chi connectivity index (χ0n) is 13.0. The van der Waals surface area contributed by atoms with E-state index in [2.05, 4.69) is 15.9 Å². The van der Waals surface area contributed by atoms with Crippen LogP contribution in [0.25, 0.3) is 0 Å². The van der Waals surface area contributed by atoms with E-state index >= 15 is 0 Å². The Kier molecular flexibility index (Phi) is 5.03. The number of benzene rings is 2. The average Bonchev–Trinajstić information content (AvgIpc) is 2.46. The lowest BCUT2D eigenvalue weighted by Gasteiger charge is -2.12. The normalized spacial score (nSPS) is 12.3. The lowest BCUT2D eigenvalue weighted by Crippen LogP contribution is -2.08. The molecule has 0 aliphatic heterocycles. The third kappa shape index (κ3) is 3.51. The number of hydrogen-bond donors (Lipinski definition) is 0. The summed E-state index contributed by atoms with van der Waals surface area (Å²) in [7, 11) is -7.12. The van der Waals surface area contributed by atoms with Gasteiger partial charge >= 0.3 is 0 Å². The molecule has 0 aliphatic carbocycles. The maximum Gasteiger partial charge on any atom is 0.207 e. The van der Waals surface area contributed by atoms with Crippen LogP contribution in [0, 0.1) is 20.8 Å². The molecule has 0 atom stereocenters. The summed E-state index contributed by atoms with van der Waals surface area (Å²) in [6, 6.07) is 8.96. The summed E-state index contributed by atoms with van der Waals surface area (Å²) < 4.78 is 49.1. The van der Waals surface area contributed by atoms with Crippen molar-refractivity contribution in [3.05, 3.63) is 53.1 Å². The molecule has 0 saturated heterocycles. The maximum atomic E-state index is 12.9. The van der Waals surface area contributed by atoms with E-state index in [1.54, 1.807) is 13.8 Å². The van der Waals surface area contributed by atoms with Crippen LogP contribution in [-0.4, -0.2) is 21.5 Å². The van der Waals surface area contributed by atoms with Crippen molar-refractivity contribution in [3.8, 4) is 0 Å². The third-order valence-electron chi connectivity index (χ3n) is 3.51. The summed E-state index contributed by atoms with van der Waals surface area (Å²) in [5.74, 6) is 0. The quantitative estimate of drug-likeness (QED) is 0.714. The van der Waals surface area contributed by atoms with Crippen LogP contribution in [-0.2, 0) is 19.7 Å². The topological polar surface area (TPSA) is 68.3 Å². The molecule has 0 radical (unpaired) electrons. The van der Waals surface area contributed by atoms with Crippen LogP contribution >= 0.6 is 15.9 Å². The van der Waals surface area contributed by atoms with Gasteiger partial charge in [0.1, 0.15) is 4.66 Å². The average molecular weight is 417 g/mol. The highest BCUT2D eigenvalue weighted by Gasteiger charge is 2.23. The van der Waals surface area contributed by atoms with Gasteiger partial charge in [-0.05, 0) is 56.2 Å². The Hall–Kier alpha value is -1.18. The number of halogens is 1. The number of aryl methyl sites for hydroxylation is 3. The van der Waals surface area contributed by atoms with E-state index in [4.69, 9.17) is 0 Å². The zero-order valence-corrected chi connectivity index (χ0v) is 16.2. The second-order valence-electron chi connectivity index (χ2n) is 5.43. The first-order valence-corrected chi connectivity index (χ1v) is 11.1. The van der Waals surface area contributed by atoms with Gasteiger partial charge in [-0.15, -0.1) is 0 Å². The van der Waals surface area contributed by atoms with Gasteiger partial charge in [-0.3, -0.25) is 0 Å². The maximum absolute atomic E-state index is 12.9. The molecule has 4 nitrogen and oxygen atoms in total. The van der Waals surface area contributed by atoms with Gasteiger partial charge in [0.2, 0.25) is 9.84 Å². The Morgan fingerprint density at radius 2 is 1.26 bits per heavy atom. The zero-order chi connectivity index (χ0) is 17.4. The Bertz CT molecular complexity index is 921. The van der Waals surface area contributed by atoms with Crippen LogP contribution in [0.2, 0.25) is 0 Å². The third-order valence-corrected chi connectivity index (χ3v) is 8.67. The molecule has 0 N–H and O–H groups in total. The van der Waals surface area contributed by atoms with Crippen molar-refractivity contribution in [1.82, 2.24) is 0 Å². The molecular weight excluding hydrogens is 400 g/mol. The number of sulfone groups is 2. The van der Waals surface area contributed by atoms with Gasteiger partial charge in [0, 0.05) is 0 Å². The predicted octanol–water partition coefficient (Wildman–Crippen LogP) is 3.57. The molecule has 2 aromatic carbocycles. The Morgan fingerprint density at radius 1 is 0.826 bits per heavy atom. The van der Waals surface area contributed by atoms with Crippen LogP contribution in [0.5, 0.6) is 0 Å². The van der Waals surface area contributed by atoms with E-state index in [0.717, 1.165) is 5.56 Å². The van der Waals surface area contributed by atoms with Gasteiger partial charge in [0.15, 0.2) is 9.84 Å². The lowest BCUT2D eigenvalue weighted by molar-refractivity contribution is 0.593. The van der Waals surface area contributed by atoms with Gasteiger partial charge in [-0.25, -0.2) is 16.8 Å². The standard InChI is InChI=1S/C16H17BrO4S2/c1-11-8-12(2)16(13(3)9-11)23(20,21)15-6-4-14(5-7-15)22(18,19)10-17/h4-9H,10H2,1-3H3. The highest BCUT2D eigenvalue weighted by Crippen LogP contribution is 2.28. The van der Waals surface area contributed by atoms with E-state index in [1.165, 1.54) is 24.3 Å². The molecule has 0 spiro atoms. The highest BCUT2D eigenvalue weighted by atomic mass is 79.9. The van der Waals surface area contributed by atoms with E-state index in [-0.39, 0.29) is 19.3 Å². The van der Waals surface area contributed by atoms with E-state index < -0.39 is 19.7 Å². The molecule has 0 aliphatic rings. The number of hydrogen-bond acceptors (Lipinski definition) is 4. The fourth-order valence-corrected chi connectivity index (χ4v) is 5.76. The first-order valence-electron chi connectivity index (χ1n) is 6.81. The molecule has 0 unspecified atom stereocenters. The Balaban J connectivity index is 2.58. The summed E-state index contributed by atoms with van der Waals surface area (Å²) in [5.41, 5.74) is 2.36. The van der Waals surface area contributed by atoms with Crippen LogP contribution in [0.4, 0.5) is 0 Å². The summed E-state index contributed by atoms with van der Waals surface area (Å²) >= 11 is 2.92. The van der Waals surface area contributed by atoms with Crippen LogP contribution in [0.1, 0.15) is 16.7 Å². The molecule has 0 heterocycles. The molecule has 0 bridgehead atoms. The summed E-state index contributed by atoms with van der Waals surface area (Å²) in [6.45, 7) is 5.43. The van der Waals surface area contributed by atoms with Crippen molar-refractivity contribution in [3.63, 3.8) is 0 Å². The fraction of sp³-hybridized carbons (Fsp3) is 0.250. The second-order valence-corrected chi connectivity index (χ2v) is 10.6. The van der Waals surface area contributed by atoms with Crippen LogP contribution in [0.15, 0.2) is 51.1 Å². The van der Waals surface area contributed by atoms with Gasteiger partial charge in [-0.1, -0.05) is 33.6 Å². The van der Waals surface area contributed by atoms with E-state index in [1.807, 2.05) is 19.1 Å². The van der Waals surface area contributed by atoms with Crippen molar-refractivity contribution < 1.29 is 16.8 Å². The minimum Gasteiger partial charge on any atom is -0.223 e. The van der Waals surface area contributed by atoms with Gasteiger partial charge in [-0.2, -0.15) is 0 Å². The summed E-state index contributed by atoms with van der Waals surface area (Å²) in [6.07, 6.45) is 0. The molecule has 7 heteroatoms. The molecule has 0 amide bonds. The number of rotatable bonds is 4. The molecule has 23 heavy (non-hydrogen) atoms. The Morgan fingerprint density at radius 3 is 1.70 bits per heavy atom. The SMILES string of the molecule is Cc1cc(C)c(S(=O)(=O)c2ccc(S(=O)(=O)CBr)cc2)c(C)c1. The van der Waals surface area contributed by atoms with Gasteiger partial charge in [0.05, 0.1) is 14.7 Å². The van der Waals surface area contributed by atoms with E-state index in [9.17, 15) is 16.8 Å². The van der Waals surface area contributed by atoms with Gasteiger partial charge in [0.25, 0.3) is 0 Å². The van der Waals surface area contributed by atoms with Crippen LogP contribution < -0.4 is 0 Å². The second kappa shape index (κ2) is 6.37. The fourth-order valence-electron chi connectivity index (χ4n) is 2.60. The van der Waals surface area contributed by atoms with E-state index in [0.29, 0.717) is 11.1 Å². The van der Waals surface area contributed by atoms with Crippen molar-refractivity contribution in [2.75, 3.05) is 4.66 Å². The lowest BCUT2D eigenvalue weighted by atomic mass is 10.1. The summed E-state index contributed by atoms with van der Waals surface area (Å²) in [5, 5.41) is 0. The minimum absolute atomic E-state index is 0.0843.